The molecule has 2 atom stereocenters. The number of nitrogens with zero attached hydrogens (tertiary/aromatic N) is 2. The first kappa shape index (κ1) is 10.2. The Morgan fingerprint density at radius 2 is 2.47 bits per heavy atom. The molecule has 15 heavy (non-hydrogen) atoms. The van der Waals surface area contributed by atoms with Crippen LogP contribution in [0.2, 0.25) is 0 Å². The molecular formula is C10H15N3O2. The van der Waals surface area contributed by atoms with E-state index in [0.717, 1.165) is 18.4 Å². The fourth-order valence-electron chi connectivity index (χ4n) is 1.97. The van der Waals surface area contributed by atoms with Crippen LogP contribution in [0.1, 0.15) is 24.4 Å². The number of hydrogen-bond donors (Lipinski definition) is 2. The van der Waals surface area contributed by atoms with E-state index in [9.17, 15) is 4.79 Å². The fourth-order valence-corrected chi connectivity index (χ4v) is 1.97. The molecule has 0 amide bonds. The summed E-state index contributed by atoms with van der Waals surface area (Å²) < 4.78 is 1.76. The molecule has 82 valence electrons. The van der Waals surface area contributed by atoms with Crippen molar-refractivity contribution in [2.75, 3.05) is 6.54 Å². The second kappa shape index (κ2) is 4.02. The first-order valence-electron chi connectivity index (χ1n) is 5.11. The standard InChI is InChI=1S/C10H15N3O2/c1-13-6-8(5-12-13)9-3-2-7(4-11-9)10(14)15/h5-7,9,11H,2-4H2,1H3,(H,14,15). The number of piperidine rings is 1. The van der Waals surface area contributed by atoms with E-state index in [0.29, 0.717) is 6.54 Å². The molecular weight excluding hydrogens is 194 g/mol. The molecule has 2 unspecified atom stereocenters. The molecule has 1 fully saturated rings. The van der Waals surface area contributed by atoms with E-state index in [1.807, 2.05) is 19.4 Å². The second-order valence-corrected chi connectivity index (χ2v) is 4.02. The normalized spacial score (nSPS) is 26.5. The summed E-state index contributed by atoms with van der Waals surface area (Å²) in [5.41, 5.74) is 1.14. The summed E-state index contributed by atoms with van der Waals surface area (Å²) in [6, 6.07) is 0.259. The Labute approximate surface area is 88.1 Å². The summed E-state index contributed by atoms with van der Waals surface area (Å²) in [5.74, 6) is -0.940. The molecule has 0 spiro atoms. The van der Waals surface area contributed by atoms with E-state index in [-0.39, 0.29) is 12.0 Å². The molecule has 0 aromatic carbocycles. The van der Waals surface area contributed by atoms with Gasteiger partial charge in [0.2, 0.25) is 0 Å². The highest BCUT2D eigenvalue weighted by atomic mass is 16.4. The van der Waals surface area contributed by atoms with Gasteiger partial charge in [-0.1, -0.05) is 0 Å². The molecule has 5 heteroatoms. The SMILES string of the molecule is Cn1cc(C2CCC(C(=O)O)CN2)cn1. The van der Waals surface area contributed by atoms with Gasteiger partial charge in [0.25, 0.3) is 0 Å². The Hall–Kier alpha value is -1.36. The third-order valence-corrected chi connectivity index (χ3v) is 2.89. The van der Waals surface area contributed by atoms with E-state index in [1.54, 1.807) is 4.68 Å². The Balaban J connectivity index is 1.96. The number of aliphatic carboxylic acids is 1. The van der Waals surface area contributed by atoms with Crippen LogP contribution < -0.4 is 5.32 Å². The molecule has 2 heterocycles. The van der Waals surface area contributed by atoms with Crippen LogP contribution in [0.15, 0.2) is 12.4 Å². The van der Waals surface area contributed by atoms with Gasteiger partial charge in [0.15, 0.2) is 0 Å². The number of carbonyl (C=O) groups is 1. The molecule has 2 rings (SSSR count). The van der Waals surface area contributed by atoms with Crippen molar-refractivity contribution in [3.8, 4) is 0 Å². The number of nitrogens with one attached hydrogen (secondary N) is 1. The minimum Gasteiger partial charge on any atom is -0.481 e. The quantitative estimate of drug-likeness (QED) is 0.746. The lowest BCUT2D eigenvalue weighted by molar-refractivity contribution is -0.142. The summed E-state index contributed by atoms with van der Waals surface area (Å²) in [5, 5.41) is 16.2. The second-order valence-electron chi connectivity index (χ2n) is 4.02. The van der Waals surface area contributed by atoms with Crippen molar-refractivity contribution in [2.24, 2.45) is 13.0 Å². The zero-order valence-electron chi connectivity index (χ0n) is 8.68. The molecule has 5 nitrogen and oxygen atoms in total. The predicted octanol–water partition coefficient (Wildman–Crippen LogP) is 0.545. The Morgan fingerprint density at radius 1 is 1.67 bits per heavy atom. The summed E-state index contributed by atoms with van der Waals surface area (Å²) in [4.78, 5) is 10.7. The summed E-state index contributed by atoms with van der Waals surface area (Å²) in [6.07, 6.45) is 5.40. The highest BCUT2D eigenvalue weighted by Crippen LogP contribution is 2.25. The first-order chi connectivity index (χ1) is 7.16. The Kier molecular flexibility index (Phi) is 2.73. The van der Waals surface area contributed by atoms with Crippen LogP contribution in [-0.2, 0) is 11.8 Å². The van der Waals surface area contributed by atoms with Crippen molar-refractivity contribution in [3.05, 3.63) is 18.0 Å². The van der Waals surface area contributed by atoms with Gasteiger partial charge in [-0.25, -0.2) is 0 Å². The lowest BCUT2D eigenvalue weighted by atomic mass is 9.92. The third-order valence-electron chi connectivity index (χ3n) is 2.89. The van der Waals surface area contributed by atoms with Gasteiger partial charge in [-0.3, -0.25) is 9.48 Å². The van der Waals surface area contributed by atoms with Crippen LogP contribution in [0.5, 0.6) is 0 Å². The molecule has 1 saturated heterocycles. The number of carboxylic acid groups (broad SMARTS) is 1. The van der Waals surface area contributed by atoms with E-state index in [4.69, 9.17) is 5.11 Å². The molecule has 2 N–H and O–H groups in total. The van der Waals surface area contributed by atoms with Crippen molar-refractivity contribution < 1.29 is 9.90 Å². The van der Waals surface area contributed by atoms with E-state index < -0.39 is 5.97 Å². The van der Waals surface area contributed by atoms with Crippen LogP contribution >= 0.6 is 0 Å². The van der Waals surface area contributed by atoms with Gasteiger partial charge in [-0.15, -0.1) is 0 Å². The third kappa shape index (κ3) is 2.18. The molecule has 0 aliphatic carbocycles. The van der Waals surface area contributed by atoms with Crippen molar-refractivity contribution in [1.29, 1.82) is 0 Å². The highest BCUT2D eigenvalue weighted by Gasteiger charge is 2.26. The molecule has 1 aromatic heterocycles. The van der Waals surface area contributed by atoms with E-state index in [2.05, 4.69) is 10.4 Å². The zero-order valence-corrected chi connectivity index (χ0v) is 8.68. The van der Waals surface area contributed by atoms with Crippen LogP contribution in [0.4, 0.5) is 0 Å². The van der Waals surface area contributed by atoms with Crippen LogP contribution in [0.25, 0.3) is 0 Å². The summed E-state index contributed by atoms with van der Waals surface area (Å²) in [7, 11) is 1.88. The van der Waals surface area contributed by atoms with Crippen molar-refractivity contribution >= 4 is 5.97 Å². The monoisotopic (exact) mass is 209 g/mol. The Bertz CT molecular complexity index is 353. The van der Waals surface area contributed by atoms with Crippen LogP contribution in [0, 0.1) is 5.92 Å². The predicted molar refractivity (Wildman–Crippen MR) is 54.3 cm³/mol. The molecule has 0 bridgehead atoms. The summed E-state index contributed by atoms with van der Waals surface area (Å²) >= 11 is 0. The zero-order chi connectivity index (χ0) is 10.8. The van der Waals surface area contributed by atoms with Crippen LogP contribution in [0.3, 0.4) is 0 Å². The van der Waals surface area contributed by atoms with Gasteiger partial charge in [-0.2, -0.15) is 5.10 Å². The number of hydrogen-bond acceptors (Lipinski definition) is 3. The number of rotatable bonds is 2. The van der Waals surface area contributed by atoms with Gasteiger partial charge in [0.05, 0.1) is 12.1 Å². The van der Waals surface area contributed by atoms with Gasteiger partial charge in [-0.05, 0) is 12.8 Å². The molecule has 1 aromatic rings. The average molecular weight is 209 g/mol. The Morgan fingerprint density at radius 3 is 2.93 bits per heavy atom. The molecule has 0 saturated carbocycles. The number of carboxylic acids is 1. The maximum absolute atomic E-state index is 10.7. The largest absolute Gasteiger partial charge is 0.481 e. The molecule has 1 aliphatic heterocycles. The van der Waals surface area contributed by atoms with E-state index >= 15 is 0 Å². The number of aryl methyl sites for hydroxylation is 1. The van der Waals surface area contributed by atoms with Gasteiger partial charge in [0, 0.05) is 31.4 Å². The summed E-state index contributed by atoms with van der Waals surface area (Å²) in [6.45, 7) is 0.550. The van der Waals surface area contributed by atoms with Gasteiger partial charge in [0.1, 0.15) is 0 Å². The van der Waals surface area contributed by atoms with Crippen molar-refractivity contribution in [3.63, 3.8) is 0 Å². The molecule has 0 radical (unpaired) electrons. The van der Waals surface area contributed by atoms with Crippen LogP contribution in [-0.4, -0.2) is 27.4 Å². The lowest BCUT2D eigenvalue weighted by Crippen LogP contribution is -2.36. The molecule has 1 aliphatic rings. The van der Waals surface area contributed by atoms with Gasteiger partial charge >= 0.3 is 5.97 Å². The van der Waals surface area contributed by atoms with Crippen molar-refractivity contribution in [1.82, 2.24) is 15.1 Å². The highest BCUT2D eigenvalue weighted by molar-refractivity contribution is 5.70. The van der Waals surface area contributed by atoms with Crippen molar-refractivity contribution in [2.45, 2.75) is 18.9 Å². The lowest BCUT2D eigenvalue weighted by Gasteiger charge is -2.26. The van der Waals surface area contributed by atoms with E-state index in [1.165, 1.54) is 0 Å². The number of aromatic nitrogens is 2. The smallest absolute Gasteiger partial charge is 0.307 e. The van der Waals surface area contributed by atoms with Gasteiger partial charge < -0.3 is 10.4 Å². The minimum absolute atomic E-state index is 0.238. The first-order valence-corrected chi connectivity index (χ1v) is 5.11. The maximum atomic E-state index is 10.7. The topological polar surface area (TPSA) is 67.2 Å². The minimum atomic E-state index is -0.702. The maximum Gasteiger partial charge on any atom is 0.307 e. The average Bonchev–Trinajstić information content (AvgIpc) is 2.65. The fraction of sp³-hybridized carbons (Fsp3) is 0.600.